The highest BCUT2D eigenvalue weighted by Gasteiger charge is 2.45. The molecule has 0 spiro atoms. The first-order chi connectivity index (χ1) is 8.16. The van der Waals surface area contributed by atoms with Gasteiger partial charge in [0.25, 0.3) is 0 Å². The van der Waals surface area contributed by atoms with Crippen LogP contribution in [0.25, 0.3) is 0 Å². The molecule has 3 rings (SSSR count). The summed E-state index contributed by atoms with van der Waals surface area (Å²) in [4.78, 5) is 14.3. The molecule has 17 heavy (non-hydrogen) atoms. The molecule has 2 bridgehead atoms. The van der Waals surface area contributed by atoms with E-state index in [1.807, 2.05) is 7.05 Å². The number of carbonyl (C=O) groups excluding carboxylic acids is 1. The molecule has 3 aliphatic rings. The maximum absolute atomic E-state index is 12.5. The average molecular weight is 238 g/mol. The number of β-amino-alcohol motifs (C(OH)–C–C–N with tert-alkyl or cyclic N) is 1. The fourth-order valence-corrected chi connectivity index (χ4v) is 4.02. The number of likely N-dealkylation sites (N-methyl/N-ethyl adjacent to an activating group) is 1. The van der Waals surface area contributed by atoms with Gasteiger partial charge in [-0.1, -0.05) is 6.42 Å². The molecule has 96 valence electrons. The van der Waals surface area contributed by atoms with Crippen molar-refractivity contribution in [2.75, 3.05) is 20.1 Å². The number of hydrogen-bond donors (Lipinski definition) is 2. The SMILES string of the molecule is CN(C(=O)C1CC2CCC1C2)[C@H]1CNC[C@@H]1O. The van der Waals surface area contributed by atoms with Gasteiger partial charge in [-0.05, 0) is 31.1 Å². The smallest absolute Gasteiger partial charge is 0.226 e. The second-order valence-electron chi connectivity index (χ2n) is 6.02. The van der Waals surface area contributed by atoms with Gasteiger partial charge in [-0.25, -0.2) is 0 Å². The first-order valence-electron chi connectivity index (χ1n) is 6.82. The molecule has 5 atom stereocenters. The Bertz CT molecular complexity index is 321. The van der Waals surface area contributed by atoms with Crippen LogP contribution in [0, 0.1) is 17.8 Å². The van der Waals surface area contributed by atoms with Gasteiger partial charge in [-0.2, -0.15) is 0 Å². The van der Waals surface area contributed by atoms with Gasteiger partial charge in [0.1, 0.15) is 0 Å². The Hall–Kier alpha value is -0.610. The molecule has 1 heterocycles. The zero-order valence-corrected chi connectivity index (χ0v) is 10.4. The highest BCUT2D eigenvalue weighted by atomic mass is 16.3. The predicted molar refractivity (Wildman–Crippen MR) is 64.4 cm³/mol. The largest absolute Gasteiger partial charge is 0.390 e. The van der Waals surface area contributed by atoms with E-state index in [2.05, 4.69) is 5.32 Å². The van der Waals surface area contributed by atoms with Crippen LogP contribution in [0.2, 0.25) is 0 Å². The summed E-state index contributed by atoms with van der Waals surface area (Å²) in [7, 11) is 1.86. The molecule has 1 aliphatic heterocycles. The van der Waals surface area contributed by atoms with E-state index in [1.165, 1.54) is 19.3 Å². The summed E-state index contributed by atoms with van der Waals surface area (Å²) in [6.45, 7) is 1.34. The first-order valence-corrected chi connectivity index (χ1v) is 6.82. The third-order valence-corrected chi connectivity index (χ3v) is 5.05. The number of fused-ring (bicyclic) bond motifs is 2. The van der Waals surface area contributed by atoms with E-state index in [-0.39, 0.29) is 17.9 Å². The minimum Gasteiger partial charge on any atom is -0.390 e. The molecule has 3 unspecified atom stereocenters. The third kappa shape index (κ3) is 1.87. The molecule has 0 radical (unpaired) electrons. The molecule has 0 aromatic rings. The van der Waals surface area contributed by atoms with Crippen molar-refractivity contribution in [3.63, 3.8) is 0 Å². The molecular weight excluding hydrogens is 216 g/mol. The number of carbonyl (C=O) groups is 1. The van der Waals surface area contributed by atoms with E-state index < -0.39 is 6.10 Å². The van der Waals surface area contributed by atoms with Gasteiger partial charge in [0.15, 0.2) is 0 Å². The van der Waals surface area contributed by atoms with Gasteiger partial charge in [-0.15, -0.1) is 0 Å². The minimum absolute atomic E-state index is 0.0263. The van der Waals surface area contributed by atoms with Crippen LogP contribution in [-0.2, 0) is 4.79 Å². The highest BCUT2D eigenvalue weighted by molar-refractivity contribution is 5.80. The lowest BCUT2D eigenvalue weighted by Crippen LogP contribution is -2.47. The van der Waals surface area contributed by atoms with Crippen molar-refractivity contribution in [2.24, 2.45) is 17.8 Å². The summed E-state index contributed by atoms with van der Waals surface area (Å²) in [5.74, 6) is 1.94. The average Bonchev–Trinajstić information content (AvgIpc) is 3.02. The highest BCUT2D eigenvalue weighted by Crippen LogP contribution is 2.48. The number of nitrogens with zero attached hydrogens (tertiary/aromatic N) is 1. The topological polar surface area (TPSA) is 52.6 Å². The molecule has 1 saturated heterocycles. The van der Waals surface area contributed by atoms with Crippen molar-refractivity contribution < 1.29 is 9.90 Å². The van der Waals surface area contributed by atoms with Crippen LogP contribution in [-0.4, -0.2) is 48.2 Å². The Labute approximate surface area is 102 Å². The van der Waals surface area contributed by atoms with Crippen LogP contribution in [0.4, 0.5) is 0 Å². The summed E-state index contributed by atoms with van der Waals surface area (Å²) in [6, 6.07) is -0.0263. The summed E-state index contributed by atoms with van der Waals surface area (Å²) in [5, 5.41) is 13.0. The lowest BCUT2D eigenvalue weighted by atomic mass is 9.87. The van der Waals surface area contributed by atoms with Crippen LogP contribution >= 0.6 is 0 Å². The van der Waals surface area contributed by atoms with Gasteiger partial charge in [0, 0.05) is 26.1 Å². The lowest BCUT2D eigenvalue weighted by molar-refractivity contribution is -0.139. The van der Waals surface area contributed by atoms with Gasteiger partial charge < -0.3 is 15.3 Å². The Morgan fingerprint density at radius 1 is 1.29 bits per heavy atom. The Balaban J connectivity index is 1.65. The van der Waals surface area contributed by atoms with Crippen molar-refractivity contribution in [2.45, 2.75) is 37.8 Å². The lowest BCUT2D eigenvalue weighted by Gasteiger charge is -2.31. The zero-order valence-electron chi connectivity index (χ0n) is 10.4. The Kier molecular flexibility index (Phi) is 2.87. The van der Waals surface area contributed by atoms with E-state index in [1.54, 1.807) is 4.90 Å². The van der Waals surface area contributed by atoms with E-state index in [9.17, 15) is 9.90 Å². The third-order valence-electron chi connectivity index (χ3n) is 5.05. The van der Waals surface area contributed by atoms with Crippen LogP contribution in [0.5, 0.6) is 0 Å². The van der Waals surface area contributed by atoms with Crippen molar-refractivity contribution in [1.82, 2.24) is 10.2 Å². The van der Waals surface area contributed by atoms with Crippen molar-refractivity contribution in [1.29, 1.82) is 0 Å². The number of amides is 1. The molecule has 4 heteroatoms. The first kappa shape index (κ1) is 11.5. The quantitative estimate of drug-likeness (QED) is 0.723. The van der Waals surface area contributed by atoms with Gasteiger partial charge >= 0.3 is 0 Å². The summed E-state index contributed by atoms with van der Waals surface area (Å²) in [5.41, 5.74) is 0. The molecule has 0 aromatic heterocycles. The van der Waals surface area contributed by atoms with E-state index >= 15 is 0 Å². The van der Waals surface area contributed by atoms with Crippen molar-refractivity contribution >= 4 is 5.91 Å². The molecule has 2 N–H and O–H groups in total. The van der Waals surface area contributed by atoms with Crippen molar-refractivity contribution in [3.05, 3.63) is 0 Å². The summed E-state index contributed by atoms with van der Waals surface area (Å²) >= 11 is 0. The number of nitrogens with one attached hydrogen (secondary N) is 1. The van der Waals surface area contributed by atoms with Gasteiger partial charge in [0.2, 0.25) is 5.91 Å². The number of aliphatic hydroxyl groups excluding tert-OH is 1. The fraction of sp³-hybridized carbons (Fsp3) is 0.923. The van der Waals surface area contributed by atoms with Gasteiger partial charge in [0.05, 0.1) is 12.1 Å². The molecular formula is C13H22N2O2. The normalized spacial score (nSPS) is 44.2. The van der Waals surface area contributed by atoms with Gasteiger partial charge in [-0.3, -0.25) is 4.79 Å². The fourth-order valence-electron chi connectivity index (χ4n) is 4.02. The Morgan fingerprint density at radius 2 is 2.12 bits per heavy atom. The molecule has 4 nitrogen and oxygen atoms in total. The van der Waals surface area contributed by atoms with Crippen LogP contribution < -0.4 is 5.32 Å². The second kappa shape index (κ2) is 4.25. The van der Waals surface area contributed by atoms with E-state index in [4.69, 9.17) is 0 Å². The maximum atomic E-state index is 12.5. The number of rotatable bonds is 2. The maximum Gasteiger partial charge on any atom is 0.226 e. The molecule has 1 amide bonds. The van der Waals surface area contributed by atoms with Crippen molar-refractivity contribution in [3.8, 4) is 0 Å². The summed E-state index contributed by atoms with van der Waals surface area (Å²) in [6.07, 6.45) is 4.51. The second-order valence-corrected chi connectivity index (χ2v) is 6.02. The van der Waals surface area contributed by atoms with E-state index in [0.29, 0.717) is 12.5 Å². The number of hydrogen-bond acceptors (Lipinski definition) is 3. The van der Waals surface area contributed by atoms with Crippen LogP contribution in [0.15, 0.2) is 0 Å². The Morgan fingerprint density at radius 3 is 2.65 bits per heavy atom. The summed E-state index contributed by atoms with van der Waals surface area (Å²) < 4.78 is 0. The monoisotopic (exact) mass is 238 g/mol. The van der Waals surface area contributed by atoms with Crippen LogP contribution in [0.3, 0.4) is 0 Å². The molecule has 2 aliphatic carbocycles. The molecule has 3 fully saturated rings. The minimum atomic E-state index is -0.400. The molecule has 2 saturated carbocycles. The van der Waals surface area contributed by atoms with Crippen LogP contribution in [0.1, 0.15) is 25.7 Å². The molecule has 0 aromatic carbocycles. The van der Waals surface area contributed by atoms with E-state index in [0.717, 1.165) is 18.9 Å². The predicted octanol–water partition coefficient (Wildman–Crippen LogP) is 0.214. The number of aliphatic hydroxyl groups is 1. The standard InChI is InChI=1S/C13H22N2O2/c1-15(11-6-14-7-12(11)16)13(17)10-5-8-2-3-9(10)4-8/h8-12,14,16H,2-7H2,1H3/t8?,9?,10?,11-,12-/m0/s1. The zero-order chi connectivity index (χ0) is 12.0.